The van der Waals surface area contributed by atoms with Gasteiger partial charge in [-0.2, -0.15) is 11.8 Å². The number of thioether (sulfide) groups is 1. The van der Waals surface area contributed by atoms with Crippen molar-refractivity contribution in [3.63, 3.8) is 0 Å². The lowest BCUT2D eigenvalue weighted by Crippen LogP contribution is -2.57. The Kier molecular flexibility index (Phi) is 6.02. The number of hydrogen-bond donors (Lipinski definition) is 1. The Balaban J connectivity index is 2.46. The molecule has 0 amide bonds. The van der Waals surface area contributed by atoms with Crippen molar-refractivity contribution in [2.24, 2.45) is 0 Å². The predicted molar refractivity (Wildman–Crippen MR) is 70.7 cm³/mol. The normalized spacial score (nSPS) is 30.4. The standard InChI is InChI=1S/C12H26N2S/c1-5-12-8-13-10(2)9-14(12)11(3)6-7-15-4/h10-13H,5-9H2,1-4H3. The zero-order valence-electron chi connectivity index (χ0n) is 10.6. The fraction of sp³-hybridized carbons (Fsp3) is 1.00. The maximum Gasteiger partial charge on any atom is 0.0221 e. The number of hydrogen-bond acceptors (Lipinski definition) is 3. The van der Waals surface area contributed by atoms with Gasteiger partial charge in [0.05, 0.1) is 0 Å². The smallest absolute Gasteiger partial charge is 0.0221 e. The van der Waals surface area contributed by atoms with E-state index in [9.17, 15) is 0 Å². The molecule has 0 aromatic carbocycles. The summed E-state index contributed by atoms with van der Waals surface area (Å²) in [5.74, 6) is 1.29. The van der Waals surface area contributed by atoms with E-state index in [1.54, 1.807) is 0 Å². The van der Waals surface area contributed by atoms with Crippen LogP contribution >= 0.6 is 11.8 Å². The van der Waals surface area contributed by atoms with Crippen LogP contribution < -0.4 is 5.32 Å². The molecule has 0 aliphatic carbocycles. The highest BCUT2D eigenvalue weighted by atomic mass is 32.2. The fourth-order valence-corrected chi connectivity index (χ4v) is 2.93. The van der Waals surface area contributed by atoms with E-state index >= 15 is 0 Å². The van der Waals surface area contributed by atoms with Gasteiger partial charge >= 0.3 is 0 Å². The van der Waals surface area contributed by atoms with Gasteiger partial charge in [-0.1, -0.05) is 6.92 Å². The van der Waals surface area contributed by atoms with Gasteiger partial charge in [0.1, 0.15) is 0 Å². The molecule has 2 nitrogen and oxygen atoms in total. The Hall–Kier alpha value is 0.270. The monoisotopic (exact) mass is 230 g/mol. The van der Waals surface area contributed by atoms with Crippen LogP contribution in [0.5, 0.6) is 0 Å². The van der Waals surface area contributed by atoms with Crippen LogP contribution in [-0.2, 0) is 0 Å². The highest BCUT2D eigenvalue weighted by molar-refractivity contribution is 7.98. The first-order valence-corrected chi connectivity index (χ1v) is 7.56. The zero-order valence-corrected chi connectivity index (χ0v) is 11.4. The molecule has 0 radical (unpaired) electrons. The van der Waals surface area contributed by atoms with Crippen LogP contribution in [0.4, 0.5) is 0 Å². The quantitative estimate of drug-likeness (QED) is 0.779. The molecule has 1 fully saturated rings. The summed E-state index contributed by atoms with van der Waals surface area (Å²) in [4.78, 5) is 2.71. The highest BCUT2D eigenvalue weighted by Gasteiger charge is 2.27. The molecule has 0 bridgehead atoms. The molecule has 90 valence electrons. The summed E-state index contributed by atoms with van der Waals surface area (Å²) >= 11 is 1.96. The molecule has 15 heavy (non-hydrogen) atoms. The molecule has 3 heteroatoms. The average molecular weight is 230 g/mol. The van der Waals surface area contributed by atoms with Crippen LogP contribution in [0.2, 0.25) is 0 Å². The summed E-state index contributed by atoms with van der Waals surface area (Å²) in [6.07, 6.45) is 4.79. The summed E-state index contributed by atoms with van der Waals surface area (Å²) in [7, 11) is 0. The van der Waals surface area contributed by atoms with Crippen LogP contribution in [0.1, 0.15) is 33.6 Å². The highest BCUT2D eigenvalue weighted by Crippen LogP contribution is 2.17. The summed E-state index contributed by atoms with van der Waals surface area (Å²) in [6.45, 7) is 9.36. The van der Waals surface area contributed by atoms with Crippen LogP contribution in [0.15, 0.2) is 0 Å². The largest absolute Gasteiger partial charge is 0.311 e. The van der Waals surface area contributed by atoms with E-state index in [-0.39, 0.29) is 0 Å². The Morgan fingerprint density at radius 1 is 1.53 bits per heavy atom. The number of nitrogens with one attached hydrogen (secondary N) is 1. The van der Waals surface area contributed by atoms with Crippen molar-refractivity contribution in [2.45, 2.75) is 51.7 Å². The lowest BCUT2D eigenvalue weighted by molar-refractivity contribution is 0.0892. The van der Waals surface area contributed by atoms with Gasteiger partial charge in [-0.25, -0.2) is 0 Å². The van der Waals surface area contributed by atoms with E-state index in [1.807, 2.05) is 11.8 Å². The molecular formula is C12H26N2S. The van der Waals surface area contributed by atoms with Gasteiger partial charge in [0.2, 0.25) is 0 Å². The van der Waals surface area contributed by atoms with Gasteiger partial charge in [0.15, 0.2) is 0 Å². The van der Waals surface area contributed by atoms with Gasteiger partial charge in [0.25, 0.3) is 0 Å². The molecule has 0 saturated carbocycles. The van der Waals surface area contributed by atoms with E-state index in [0.29, 0.717) is 6.04 Å². The molecule has 0 aromatic heterocycles. The van der Waals surface area contributed by atoms with Crippen LogP contribution in [0.25, 0.3) is 0 Å². The molecule has 1 heterocycles. The number of nitrogens with zero attached hydrogens (tertiary/aromatic N) is 1. The van der Waals surface area contributed by atoms with E-state index < -0.39 is 0 Å². The molecule has 0 spiro atoms. The van der Waals surface area contributed by atoms with Crippen LogP contribution in [0, 0.1) is 0 Å². The first kappa shape index (κ1) is 13.3. The first-order chi connectivity index (χ1) is 7.19. The second-order valence-electron chi connectivity index (χ2n) is 4.70. The van der Waals surface area contributed by atoms with Gasteiger partial charge in [0, 0.05) is 31.2 Å². The second-order valence-corrected chi connectivity index (χ2v) is 5.68. The number of piperazine rings is 1. The SMILES string of the molecule is CCC1CNC(C)CN1C(C)CCSC. The third-order valence-electron chi connectivity index (χ3n) is 3.43. The molecule has 0 aromatic rings. The maximum atomic E-state index is 3.58. The van der Waals surface area contributed by atoms with E-state index in [0.717, 1.165) is 12.1 Å². The molecular weight excluding hydrogens is 204 g/mol. The summed E-state index contributed by atoms with van der Waals surface area (Å²) in [5, 5.41) is 3.58. The van der Waals surface area contributed by atoms with Crippen molar-refractivity contribution < 1.29 is 0 Å². The molecule has 3 atom stereocenters. The van der Waals surface area contributed by atoms with Gasteiger partial charge in [-0.15, -0.1) is 0 Å². The molecule has 1 aliphatic heterocycles. The van der Waals surface area contributed by atoms with Crippen molar-refractivity contribution in [2.75, 3.05) is 25.1 Å². The van der Waals surface area contributed by atoms with E-state index in [1.165, 1.54) is 31.7 Å². The van der Waals surface area contributed by atoms with E-state index in [2.05, 4.69) is 37.2 Å². The Bertz CT molecular complexity index is 175. The summed E-state index contributed by atoms with van der Waals surface area (Å²) < 4.78 is 0. The first-order valence-electron chi connectivity index (χ1n) is 6.17. The van der Waals surface area contributed by atoms with Crippen molar-refractivity contribution in [3.05, 3.63) is 0 Å². The summed E-state index contributed by atoms with van der Waals surface area (Å²) in [6, 6.07) is 2.15. The zero-order chi connectivity index (χ0) is 11.3. The fourth-order valence-electron chi connectivity index (χ4n) is 2.36. The van der Waals surface area contributed by atoms with Crippen LogP contribution in [0.3, 0.4) is 0 Å². The molecule has 3 unspecified atom stereocenters. The van der Waals surface area contributed by atoms with Crippen molar-refractivity contribution in [1.82, 2.24) is 10.2 Å². The second kappa shape index (κ2) is 6.77. The average Bonchev–Trinajstić information content (AvgIpc) is 2.25. The topological polar surface area (TPSA) is 15.3 Å². The van der Waals surface area contributed by atoms with Crippen LogP contribution in [-0.4, -0.2) is 48.1 Å². The van der Waals surface area contributed by atoms with Gasteiger partial charge in [-0.3, -0.25) is 4.90 Å². The minimum absolute atomic E-state index is 0.657. The Morgan fingerprint density at radius 3 is 2.87 bits per heavy atom. The Labute approximate surface area is 99.2 Å². The van der Waals surface area contributed by atoms with Crippen molar-refractivity contribution in [1.29, 1.82) is 0 Å². The molecule has 1 aliphatic rings. The molecule has 1 N–H and O–H groups in total. The van der Waals surface area contributed by atoms with Gasteiger partial charge < -0.3 is 5.32 Å². The summed E-state index contributed by atoms with van der Waals surface area (Å²) in [5.41, 5.74) is 0. The van der Waals surface area contributed by atoms with Crippen molar-refractivity contribution >= 4 is 11.8 Å². The maximum absolute atomic E-state index is 3.58. The number of rotatable bonds is 5. The third-order valence-corrected chi connectivity index (χ3v) is 4.08. The van der Waals surface area contributed by atoms with Gasteiger partial charge in [-0.05, 0) is 38.7 Å². The minimum Gasteiger partial charge on any atom is -0.311 e. The lowest BCUT2D eigenvalue weighted by Gasteiger charge is -2.42. The van der Waals surface area contributed by atoms with Crippen molar-refractivity contribution in [3.8, 4) is 0 Å². The lowest BCUT2D eigenvalue weighted by atomic mass is 10.0. The molecule has 1 rings (SSSR count). The third kappa shape index (κ3) is 3.97. The minimum atomic E-state index is 0.657. The van der Waals surface area contributed by atoms with E-state index in [4.69, 9.17) is 0 Å². The Morgan fingerprint density at radius 2 is 2.27 bits per heavy atom. The molecule has 1 saturated heterocycles. The predicted octanol–water partition coefficient (Wildman–Crippen LogP) is 2.20.